The van der Waals surface area contributed by atoms with Crippen LogP contribution < -0.4 is 10.6 Å². The molecule has 0 fully saturated rings. The minimum absolute atomic E-state index is 0.0872. The number of benzene rings is 1. The Labute approximate surface area is 88.7 Å². The summed E-state index contributed by atoms with van der Waals surface area (Å²) in [4.78, 5) is 11.3. The van der Waals surface area contributed by atoms with Crippen LogP contribution in [0.4, 0.5) is 4.39 Å². The molecule has 1 amide bonds. The van der Waals surface area contributed by atoms with Crippen molar-refractivity contribution in [2.45, 2.75) is 6.42 Å². The van der Waals surface area contributed by atoms with Crippen LogP contribution in [0, 0.1) is 5.82 Å². The van der Waals surface area contributed by atoms with Gasteiger partial charge in [0.2, 0.25) is 5.91 Å². The Morgan fingerprint density at radius 2 is 2.20 bits per heavy atom. The fourth-order valence-corrected chi connectivity index (χ4v) is 1.22. The third-order valence-electron chi connectivity index (χ3n) is 1.95. The molecular formula is C11H15FN2O. The fourth-order valence-electron chi connectivity index (χ4n) is 1.22. The van der Waals surface area contributed by atoms with Gasteiger partial charge in [0.25, 0.3) is 0 Å². The number of carbonyl (C=O) groups excluding carboxylic acids is 1. The SMILES string of the molecule is CNCCNC(=O)Cc1cccc(F)c1. The summed E-state index contributed by atoms with van der Waals surface area (Å²) >= 11 is 0. The second-order valence-corrected chi connectivity index (χ2v) is 3.26. The zero-order valence-electron chi connectivity index (χ0n) is 8.72. The molecule has 0 aliphatic heterocycles. The Hall–Kier alpha value is -1.42. The maximum absolute atomic E-state index is 12.8. The minimum Gasteiger partial charge on any atom is -0.355 e. The Morgan fingerprint density at radius 1 is 1.40 bits per heavy atom. The first-order valence-corrected chi connectivity index (χ1v) is 4.88. The number of nitrogens with one attached hydrogen (secondary N) is 2. The van der Waals surface area contributed by atoms with Gasteiger partial charge in [0.15, 0.2) is 0 Å². The standard InChI is InChI=1S/C11H15FN2O/c1-13-5-6-14-11(15)8-9-3-2-4-10(12)7-9/h2-4,7,13H,5-6,8H2,1H3,(H,14,15). The number of halogens is 1. The summed E-state index contributed by atoms with van der Waals surface area (Å²) in [6.45, 7) is 1.32. The molecule has 4 heteroatoms. The normalized spacial score (nSPS) is 10.0. The van der Waals surface area contributed by atoms with Gasteiger partial charge in [-0.25, -0.2) is 4.39 Å². The number of rotatable bonds is 5. The Morgan fingerprint density at radius 3 is 2.87 bits per heavy atom. The maximum Gasteiger partial charge on any atom is 0.224 e. The number of hydrogen-bond acceptors (Lipinski definition) is 2. The van der Waals surface area contributed by atoms with E-state index in [1.807, 2.05) is 7.05 Å². The second kappa shape index (κ2) is 6.14. The number of carbonyl (C=O) groups is 1. The lowest BCUT2D eigenvalue weighted by atomic mass is 10.1. The van der Waals surface area contributed by atoms with Crippen LogP contribution in [0.5, 0.6) is 0 Å². The summed E-state index contributed by atoms with van der Waals surface area (Å²) in [5.41, 5.74) is 0.692. The molecule has 1 aromatic carbocycles. The summed E-state index contributed by atoms with van der Waals surface area (Å²) < 4.78 is 12.8. The molecule has 0 saturated carbocycles. The van der Waals surface area contributed by atoms with Gasteiger partial charge < -0.3 is 10.6 Å². The van der Waals surface area contributed by atoms with Gasteiger partial charge in [-0.2, -0.15) is 0 Å². The molecule has 0 spiro atoms. The highest BCUT2D eigenvalue weighted by Crippen LogP contribution is 2.03. The minimum atomic E-state index is -0.310. The zero-order valence-corrected chi connectivity index (χ0v) is 8.72. The molecule has 0 atom stereocenters. The largest absolute Gasteiger partial charge is 0.355 e. The van der Waals surface area contributed by atoms with Gasteiger partial charge in [0.1, 0.15) is 5.82 Å². The van der Waals surface area contributed by atoms with E-state index in [0.717, 1.165) is 6.54 Å². The van der Waals surface area contributed by atoms with Crippen LogP contribution in [0.2, 0.25) is 0 Å². The highest BCUT2D eigenvalue weighted by atomic mass is 19.1. The van der Waals surface area contributed by atoms with Crippen LogP contribution >= 0.6 is 0 Å². The quantitative estimate of drug-likeness (QED) is 0.702. The smallest absolute Gasteiger partial charge is 0.224 e. The zero-order chi connectivity index (χ0) is 11.1. The molecule has 0 saturated heterocycles. The molecule has 15 heavy (non-hydrogen) atoms. The lowest BCUT2D eigenvalue weighted by molar-refractivity contribution is -0.120. The topological polar surface area (TPSA) is 41.1 Å². The summed E-state index contributed by atoms with van der Waals surface area (Å²) in [5.74, 6) is -0.397. The lowest BCUT2D eigenvalue weighted by Crippen LogP contribution is -2.31. The molecule has 0 aliphatic rings. The van der Waals surface area contributed by atoms with Crippen LogP contribution in [0.3, 0.4) is 0 Å². The molecule has 2 N–H and O–H groups in total. The van der Waals surface area contributed by atoms with Crippen LogP contribution in [0.25, 0.3) is 0 Å². The van der Waals surface area contributed by atoms with E-state index >= 15 is 0 Å². The molecule has 1 rings (SSSR count). The highest BCUT2D eigenvalue weighted by Gasteiger charge is 2.02. The number of likely N-dealkylation sites (N-methyl/N-ethyl adjacent to an activating group) is 1. The van der Waals surface area contributed by atoms with E-state index in [1.54, 1.807) is 12.1 Å². The van der Waals surface area contributed by atoms with E-state index in [0.29, 0.717) is 12.1 Å². The van der Waals surface area contributed by atoms with E-state index in [4.69, 9.17) is 0 Å². The van der Waals surface area contributed by atoms with Crippen LogP contribution in [-0.4, -0.2) is 26.0 Å². The Balaban J connectivity index is 2.37. The first kappa shape index (κ1) is 11.7. The third kappa shape index (κ3) is 4.56. The van der Waals surface area contributed by atoms with E-state index in [2.05, 4.69) is 10.6 Å². The highest BCUT2D eigenvalue weighted by molar-refractivity contribution is 5.78. The van der Waals surface area contributed by atoms with Crippen molar-refractivity contribution in [2.24, 2.45) is 0 Å². The first-order chi connectivity index (χ1) is 7.22. The van der Waals surface area contributed by atoms with Crippen molar-refractivity contribution in [1.82, 2.24) is 10.6 Å². The number of hydrogen-bond donors (Lipinski definition) is 2. The van der Waals surface area contributed by atoms with Gasteiger partial charge in [-0.1, -0.05) is 12.1 Å². The van der Waals surface area contributed by atoms with Crippen molar-refractivity contribution in [2.75, 3.05) is 20.1 Å². The average molecular weight is 210 g/mol. The molecule has 0 unspecified atom stereocenters. The molecule has 0 heterocycles. The molecule has 1 aromatic rings. The lowest BCUT2D eigenvalue weighted by Gasteiger charge is -2.04. The van der Waals surface area contributed by atoms with E-state index in [9.17, 15) is 9.18 Å². The van der Waals surface area contributed by atoms with Crippen molar-refractivity contribution in [3.05, 3.63) is 35.6 Å². The molecule has 82 valence electrons. The van der Waals surface area contributed by atoms with Crippen LogP contribution in [0.1, 0.15) is 5.56 Å². The van der Waals surface area contributed by atoms with Crippen molar-refractivity contribution in [1.29, 1.82) is 0 Å². The van der Waals surface area contributed by atoms with Gasteiger partial charge in [0, 0.05) is 13.1 Å². The molecule has 0 radical (unpaired) electrons. The van der Waals surface area contributed by atoms with Gasteiger partial charge in [0.05, 0.1) is 6.42 Å². The molecule has 0 bridgehead atoms. The molecule has 0 aromatic heterocycles. The molecule has 0 aliphatic carbocycles. The van der Waals surface area contributed by atoms with Crippen molar-refractivity contribution >= 4 is 5.91 Å². The predicted molar refractivity (Wildman–Crippen MR) is 57.0 cm³/mol. The average Bonchev–Trinajstić information content (AvgIpc) is 2.18. The van der Waals surface area contributed by atoms with E-state index in [1.165, 1.54) is 12.1 Å². The van der Waals surface area contributed by atoms with Gasteiger partial charge in [-0.05, 0) is 24.7 Å². The fraction of sp³-hybridized carbons (Fsp3) is 0.364. The van der Waals surface area contributed by atoms with Crippen molar-refractivity contribution < 1.29 is 9.18 Å². The van der Waals surface area contributed by atoms with Crippen LogP contribution in [0.15, 0.2) is 24.3 Å². The van der Waals surface area contributed by atoms with Crippen molar-refractivity contribution in [3.8, 4) is 0 Å². The summed E-state index contributed by atoms with van der Waals surface area (Å²) in [6, 6.07) is 6.08. The van der Waals surface area contributed by atoms with Gasteiger partial charge in [-0.15, -0.1) is 0 Å². The van der Waals surface area contributed by atoms with E-state index < -0.39 is 0 Å². The first-order valence-electron chi connectivity index (χ1n) is 4.88. The monoisotopic (exact) mass is 210 g/mol. The van der Waals surface area contributed by atoms with Crippen molar-refractivity contribution in [3.63, 3.8) is 0 Å². The predicted octanol–water partition coefficient (Wildman–Crippen LogP) is 0.704. The maximum atomic E-state index is 12.8. The Kier molecular flexibility index (Phi) is 4.77. The third-order valence-corrected chi connectivity index (χ3v) is 1.95. The Bertz CT molecular complexity index is 328. The van der Waals surface area contributed by atoms with Gasteiger partial charge >= 0.3 is 0 Å². The second-order valence-electron chi connectivity index (χ2n) is 3.26. The summed E-state index contributed by atoms with van der Waals surface area (Å²) in [6.07, 6.45) is 0.224. The summed E-state index contributed by atoms with van der Waals surface area (Å²) in [7, 11) is 1.82. The van der Waals surface area contributed by atoms with Gasteiger partial charge in [-0.3, -0.25) is 4.79 Å². The number of amides is 1. The molecular weight excluding hydrogens is 195 g/mol. The summed E-state index contributed by atoms with van der Waals surface area (Å²) in [5, 5.41) is 5.65. The molecule has 3 nitrogen and oxygen atoms in total. The van der Waals surface area contributed by atoms with Crippen LogP contribution in [-0.2, 0) is 11.2 Å². The van der Waals surface area contributed by atoms with E-state index in [-0.39, 0.29) is 18.1 Å².